The normalized spacial score (nSPS) is 12.5. The van der Waals surface area contributed by atoms with E-state index in [-0.39, 0.29) is 4.90 Å². The number of benzene rings is 1. The quantitative estimate of drug-likeness (QED) is 0.776. The summed E-state index contributed by atoms with van der Waals surface area (Å²) in [6.07, 6.45) is 0. The van der Waals surface area contributed by atoms with Crippen LogP contribution in [0.1, 0.15) is 12.5 Å². The van der Waals surface area contributed by atoms with E-state index in [1.54, 1.807) is 13.0 Å². The molecule has 0 bridgehead atoms. The summed E-state index contributed by atoms with van der Waals surface area (Å²) in [5, 5.41) is 5.05. The summed E-state index contributed by atoms with van der Waals surface area (Å²) < 4.78 is 23.9. The minimum atomic E-state index is -1.77. The van der Waals surface area contributed by atoms with Crippen molar-refractivity contribution in [3.05, 3.63) is 36.2 Å². The zero-order chi connectivity index (χ0) is 10.0. The van der Waals surface area contributed by atoms with Gasteiger partial charge in [-0.15, -0.1) is 0 Å². The Balaban J connectivity index is 3.20. The molecule has 0 aliphatic rings. The first kappa shape index (κ1) is 10.1. The first-order chi connectivity index (χ1) is 6.02. The molecule has 0 spiro atoms. The number of allylic oxidation sites excluding steroid dienone is 1. The summed E-state index contributed by atoms with van der Waals surface area (Å²) >= 11 is 0. The van der Waals surface area contributed by atoms with Crippen LogP contribution in [0.2, 0.25) is 0 Å². The molecular formula is C9H10FNOS. The van der Waals surface area contributed by atoms with E-state index in [1.807, 2.05) is 0 Å². The van der Waals surface area contributed by atoms with Crippen molar-refractivity contribution < 1.29 is 8.60 Å². The van der Waals surface area contributed by atoms with Gasteiger partial charge in [0.2, 0.25) is 0 Å². The van der Waals surface area contributed by atoms with E-state index in [0.717, 1.165) is 5.57 Å². The molecule has 0 aliphatic carbocycles. The number of halogens is 1. The van der Waals surface area contributed by atoms with Crippen LogP contribution in [-0.4, -0.2) is 4.21 Å². The first-order valence-electron chi connectivity index (χ1n) is 3.64. The lowest BCUT2D eigenvalue weighted by atomic mass is 10.1. The largest absolute Gasteiger partial charge is 0.247 e. The van der Waals surface area contributed by atoms with Gasteiger partial charge in [0.25, 0.3) is 0 Å². The van der Waals surface area contributed by atoms with Gasteiger partial charge >= 0.3 is 0 Å². The molecule has 0 fully saturated rings. The van der Waals surface area contributed by atoms with Crippen molar-refractivity contribution in [2.45, 2.75) is 11.8 Å². The van der Waals surface area contributed by atoms with E-state index >= 15 is 0 Å². The SMILES string of the molecule is C=C(C)c1ccc(S(N)=O)c(F)c1. The molecule has 1 rings (SSSR count). The van der Waals surface area contributed by atoms with E-state index in [9.17, 15) is 8.60 Å². The maximum absolute atomic E-state index is 13.1. The summed E-state index contributed by atoms with van der Waals surface area (Å²) in [5.74, 6) is -0.554. The molecule has 2 nitrogen and oxygen atoms in total. The fraction of sp³-hybridized carbons (Fsp3) is 0.111. The maximum Gasteiger partial charge on any atom is 0.141 e. The van der Waals surface area contributed by atoms with Gasteiger partial charge in [-0.2, -0.15) is 0 Å². The van der Waals surface area contributed by atoms with Crippen LogP contribution in [0.25, 0.3) is 5.57 Å². The Morgan fingerprint density at radius 2 is 2.23 bits per heavy atom. The average molecular weight is 199 g/mol. The van der Waals surface area contributed by atoms with E-state index in [1.165, 1.54) is 12.1 Å². The van der Waals surface area contributed by atoms with Crippen molar-refractivity contribution in [2.24, 2.45) is 5.14 Å². The molecule has 0 aliphatic heterocycles. The lowest BCUT2D eigenvalue weighted by Crippen LogP contribution is -2.05. The third-order valence-corrected chi connectivity index (χ3v) is 2.41. The van der Waals surface area contributed by atoms with Crippen LogP contribution in [0.15, 0.2) is 29.7 Å². The van der Waals surface area contributed by atoms with Crippen LogP contribution in [0.3, 0.4) is 0 Å². The molecule has 1 aromatic carbocycles. The van der Waals surface area contributed by atoms with Gasteiger partial charge in [-0.1, -0.05) is 18.2 Å². The molecule has 13 heavy (non-hydrogen) atoms. The molecule has 0 saturated carbocycles. The van der Waals surface area contributed by atoms with Crippen molar-refractivity contribution >= 4 is 16.6 Å². The molecule has 0 radical (unpaired) electrons. The molecule has 0 heterocycles. The highest BCUT2D eigenvalue weighted by molar-refractivity contribution is 7.82. The van der Waals surface area contributed by atoms with Gasteiger partial charge in [-0.25, -0.2) is 13.7 Å². The Labute approximate surface area is 78.9 Å². The van der Waals surface area contributed by atoms with Gasteiger partial charge in [-0.3, -0.25) is 0 Å². The fourth-order valence-electron chi connectivity index (χ4n) is 0.929. The second kappa shape index (κ2) is 3.81. The molecule has 1 aromatic rings. The van der Waals surface area contributed by atoms with Gasteiger partial charge in [0.15, 0.2) is 0 Å². The fourth-order valence-corrected chi connectivity index (χ4v) is 1.38. The zero-order valence-corrected chi connectivity index (χ0v) is 8.03. The van der Waals surface area contributed by atoms with Crippen LogP contribution >= 0.6 is 0 Å². The molecule has 0 saturated heterocycles. The van der Waals surface area contributed by atoms with Crippen LogP contribution in [-0.2, 0) is 11.0 Å². The second-order valence-electron chi connectivity index (χ2n) is 2.72. The van der Waals surface area contributed by atoms with Crippen molar-refractivity contribution in [1.82, 2.24) is 0 Å². The monoisotopic (exact) mass is 199 g/mol. The average Bonchev–Trinajstić information content (AvgIpc) is 2.03. The Hall–Kier alpha value is -1.00. The van der Waals surface area contributed by atoms with E-state index in [2.05, 4.69) is 6.58 Å². The summed E-state index contributed by atoms with van der Waals surface area (Å²) in [6.45, 7) is 5.44. The van der Waals surface area contributed by atoms with Crippen molar-refractivity contribution in [1.29, 1.82) is 0 Å². The van der Waals surface area contributed by atoms with Crippen molar-refractivity contribution in [2.75, 3.05) is 0 Å². The van der Waals surface area contributed by atoms with E-state index in [0.29, 0.717) is 5.56 Å². The number of hydrogen-bond donors (Lipinski definition) is 1. The third kappa shape index (κ3) is 2.23. The van der Waals surface area contributed by atoms with Crippen LogP contribution in [0, 0.1) is 5.82 Å². The molecule has 1 atom stereocenters. The number of hydrogen-bond acceptors (Lipinski definition) is 1. The Kier molecular flexibility index (Phi) is 2.95. The predicted molar refractivity (Wildman–Crippen MR) is 51.7 cm³/mol. The summed E-state index contributed by atoms with van der Waals surface area (Å²) in [7, 11) is -1.77. The highest BCUT2D eigenvalue weighted by Gasteiger charge is 2.07. The zero-order valence-electron chi connectivity index (χ0n) is 7.21. The highest BCUT2D eigenvalue weighted by atomic mass is 32.2. The number of nitrogens with two attached hydrogens (primary N) is 1. The third-order valence-electron chi connectivity index (χ3n) is 1.64. The molecule has 2 N–H and O–H groups in total. The molecule has 70 valence electrons. The Morgan fingerprint density at radius 3 is 2.62 bits per heavy atom. The van der Waals surface area contributed by atoms with Crippen LogP contribution < -0.4 is 5.14 Å². The van der Waals surface area contributed by atoms with Crippen molar-refractivity contribution in [3.8, 4) is 0 Å². The molecule has 4 heteroatoms. The van der Waals surface area contributed by atoms with Crippen LogP contribution in [0.4, 0.5) is 4.39 Å². The van der Waals surface area contributed by atoms with E-state index < -0.39 is 16.8 Å². The van der Waals surface area contributed by atoms with Gasteiger partial charge in [-0.05, 0) is 24.6 Å². The highest BCUT2D eigenvalue weighted by Crippen LogP contribution is 2.17. The van der Waals surface area contributed by atoms with E-state index in [4.69, 9.17) is 5.14 Å². The second-order valence-corrected chi connectivity index (χ2v) is 3.76. The minimum absolute atomic E-state index is 0.0185. The first-order valence-corrected chi connectivity index (χ1v) is 4.85. The topological polar surface area (TPSA) is 43.1 Å². The molecular weight excluding hydrogens is 189 g/mol. The number of rotatable bonds is 2. The predicted octanol–water partition coefficient (Wildman–Crippen LogP) is 1.84. The Bertz CT molecular complexity index is 376. The minimum Gasteiger partial charge on any atom is -0.247 e. The molecule has 1 unspecified atom stereocenters. The molecule has 0 aromatic heterocycles. The summed E-state index contributed by atoms with van der Waals surface area (Å²) in [5.41, 5.74) is 1.44. The lowest BCUT2D eigenvalue weighted by Gasteiger charge is -2.02. The molecule has 0 amide bonds. The standard InChI is InChI=1S/C9H10FNOS/c1-6(2)7-3-4-9(13(11)12)8(10)5-7/h3-5H,1,11H2,2H3. The van der Waals surface area contributed by atoms with Gasteiger partial charge in [0.05, 0.1) is 4.90 Å². The van der Waals surface area contributed by atoms with Crippen molar-refractivity contribution in [3.63, 3.8) is 0 Å². The Morgan fingerprint density at radius 1 is 1.62 bits per heavy atom. The van der Waals surface area contributed by atoms with Gasteiger partial charge < -0.3 is 0 Å². The van der Waals surface area contributed by atoms with Gasteiger partial charge in [0, 0.05) is 0 Å². The summed E-state index contributed by atoms with van der Waals surface area (Å²) in [4.78, 5) is 0.0185. The smallest absolute Gasteiger partial charge is 0.141 e. The summed E-state index contributed by atoms with van der Waals surface area (Å²) in [6, 6.07) is 4.34. The maximum atomic E-state index is 13.1. The van der Waals surface area contributed by atoms with Gasteiger partial charge in [0.1, 0.15) is 16.8 Å². The van der Waals surface area contributed by atoms with Crippen LogP contribution in [0.5, 0.6) is 0 Å². The lowest BCUT2D eigenvalue weighted by molar-refractivity contribution is 0.595.